The van der Waals surface area contributed by atoms with Gasteiger partial charge in [-0.2, -0.15) is 0 Å². The highest BCUT2D eigenvalue weighted by Gasteiger charge is 2.50. The average molecular weight is 437 g/mol. The maximum Gasteiger partial charge on any atom is 0.262 e. The summed E-state index contributed by atoms with van der Waals surface area (Å²) in [6.07, 6.45) is 0. The second-order valence-corrected chi connectivity index (χ2v) is 11.5. The zero-order valence-electron chi connectivity index (χ0n) is 17.0. The fourth-order valence-corrected chi connectivity index (χ4v) is 6.71. The Labute approximate surface area is 171 Å². The minimum absolute atomic E-state index is 0.0165. The average Bonchev–Trinajstić information content (AvgIpc) is 2.73. The van der Waals surface area contributed by atoms with Crippen molar-refractivity contribution in [3.63, 3.8) is 0 Å². The first-order valence-electron chi connectivity index (χ1n) is 9.03. The summed E-state index contributed by atoms with van der Waals surface area (Å²) < 4.78 is 53.9. The number of nitrogens with one attached hydrogen (secondary N) is 1. The normalized spacial score (nSPS) is 18.1. The summed E-state index contributed by atoms with van der Waals surface area (Å²) in [5.41, 5.74) is 1.90. The predicted molar refractivity (Wildman–Crippen MR) is 113 cm³/mol. The van der Waals surface area contributed by atoms with E-state index in [0.29, 0.717) is 11.3 Å². The zero-order valence-corrected chi connectivity index (χ0v) is 18.6. The quantitative estimate of drug-likeness (QED) is 0.794. The van der Waals surface area contributed by atoms with E-state index in [9.17, 15) is 21.6 Å². The van der Waals surface area contributed by atoms with Crippen LogP contribution in [0, 0.1) is 26.2 Å². The Hall–Kier alpha value is -2.39. The van der Waals surface area contributed by atoms with E-state index in [1.54, 1.807) is 32.9 Å². The molecule has 1 fully saturated rings. The first-order chi connectivity index (χ1) is 13.2. The van der Waals surface area contributed by atoms with E-state index in [4.69, 9.17) is 0 Å². The Morgan fingerprint density at radius 2 is 1.62 bits per heavy atom. The van der Waals surface area contributed by atoms with E-state index in [-0.39, 0.29) is 16.3 Å². The molecule has 156 valence electrons. The van der Waals surface area contributed by atoms with E-state index in [0.717, 1.165) is 15.4 Å². The van der Waals surface area contributed by atoms with Crippen LogP contribution in [-0.4, -0.2) is 28.5 Å². The molecule has 0 radical (unpaired) electrons. The fraction of sp³-hybridized carbons (Fsp3) is 0.350. The number of aryl methyl sites for hydroxylation is 3. The standard InChI is InChI=1S/C20H24N2O5S2/c1-13-6-7-16(10-14(13)2)21-29(26,27)18-9-8-17(11-15(18)3)22-19(23)20(4,5)12-28(22,24)25/h6-11,21H,12H2,1-5H3. The van der Waals surface area contributed by atoms with Crippen molar-refractivity contribution in [3.05, 3.63) is 53.1 Å². The van der Waals surface area contributed by atoms with Gasteiger partial charge in [0.2, 0.25) is 15.9 Å². The van der Waals surface area contributed by atoms with Gasteiger partial charge in [-0.1, -0.05) is 6.07 Å². The Kier molecular flexibility index (Phi) is 5.03. The maximum atomic E-state index is 12.8. The third-order valence-corrected chi connectivity index (χ3v) is 8.59. The lowest BCUT2D eigenvalue weighted by molar-refractivity contribution is -0.123. The molecule has 1 aliphatic rings. The van der Waals surface area contributed by atoms with Gasteiger partial charge in [-0.25, -0.2) is 21.1 Å². The molecule has 0 unspecified atom stereocenters. The molecule has 1 heterocycles. The van der Waals surface area contributed by atoms with Crippen LogP contribution in [0.25, 0.3) is 0 Å². The Balaban J connectivity index is 1.97. The van der Waals surface area contributed by atoms with Gasteiger partial charge in [0.1, 0.15) is 0 Å². The summed E-state index contributed by atoms with van der Waals surface area (Å²) >= 11 is 0. The second-order valence-electron chi connectivity index (χ2n) is 8.06. The van der Waals surface area contributed by atoms with Gasteiger partial charge in [0, 0.05) is 5.69 Å². The number of hydrogen-bond acceptors (Lipinski definition) is 5. The van der Waals surface area contributed by atoms with Crippen LogP contribution in [0.1, 0.15) is 30.5 Å². The van der Waals surface area contributed by atoms with Gasteiger partial charge in [0.25, 0.3) is 10.0 Å². The zero-order chi connectivity index (χ0) is 21.8. The number of benzene rings is 2. The monoisotopic (exact) mass is 436 g/mol. The number of hydrogen-bond donors (Lipinski definition) is 1. The van der Waals surface area contributed by atoms with Gasteiger partial charge < -0.3 is 0 Å². The molecule has 3 rings (SSSR count). The lowest BCUT2D eigenvalue weighted by atomic mass is 9.95. The minimum Gasteiger partial charge on any atom is -0.280 e. The number of rotatable bonds is 4. The van der Waals surface area contributed by atoms with Crippen LogP contribution in [-0.2, 0) is 24.8 Å². The van der Waals surface area contributed by atoms with Crippen molar-refractivity contribution in [3.8, 4) is 0 Å². The number of amides is 1. The molecule has 1 aliphatic heterocycles. The summed E-state index contributed by atoms with van der Waals surface area (Å²) in [5, 5.41) is 0. The van der Waals surface area contributed by atoms with Crippen molar-refractivity contribution in [2.75, 3.05) is 14.8 Å². The molecule has 29 heavy (non-hydrogen) atoms. The first kappa shape index (κ1) is 21.3. The lowest BCUT2D eigenvalue weighted by Crippen LogP contribution is -2.33. The highest BCUT2D eigenvalue weighted by atomic mass is 32.2. The smallest absolute Gasteiger partial charge is 0.262 e. The van der Waals surface area contributed by atoms with Crippen LogP contribution in [0.2, 0.25) is 0 Å². The van der Waals surface area contributed by atoms with Gasteiger partial charge in [-0.05, 0) is 81.6 Å². The molecule has 2 aromatic rings. The van der Waals surface area contributed by atoms with E-state index in [1.165, 1.54) is 18.2 Å². The molecule has 1 amide bonds. The summed E-state index contributed by atoms with van der Waals surface area (Å²) in [5.74, 6) is -0.813. The minimum atomic E-state index is -3.88. The summed E-state index contributed by atoms with van der Waals surface area (Å²) in [6, 6.07) is 9.33. The van der Waals surface area contributed by atoms with Gasteiger partial charge in [0.15, 0.2) is 0 Å². The highest BCUT2D eigenvalue weighted by molar-refractivity contribution is 7.94. The third-order valence-electron chi connectivity index (χ3n) is 5.03. The topological polar surface area (TPSA) is 101 Å². The van der Waals surface area contributed by atoms with Crippen LogP contribution >= 0.6 is 0 Å². The molecule has 0 saturated carbocycles. The van der Waals surface area contributed by atoms with Crippen LogP contribution < -0.4 is 9.03 Å². The molecule has 0 aliphatic carbocycles. The van der Waals surface area contributed by atoms with E-state index in [1.807, 2.05) is 19.9 Å². The van der Waals surface area contributed by atoms with Crippen LogP contribution in [0.3, 0.4) is 0 Å². The van der Waals surface area contributed by atoms with Gasteiger partial charge in [0.05, 0.1) is 21.8 Å². The predicted octanol–water partition coefficient (Wildman–Crippen LogP) is 3.12. The molecule has 1 saturated heterocycles. The van der Waals surface area contributed by atoms with Gasteiger partial charge >= 0.3 is 0 Å². The molecule has 9 heteroatoms. The van der Waals surface area contributed by atoms with Crippen molar-refractivity contribution in [2.45, 2.75) is 39.5 Å². The molecule has 0 aromatic heterocycles. The molecule has 1 N–H and O–H groups in total. The number of sulfonamides is 2. The van der Waals surface area contributed by atoms with Crippen molar-refractivity contribution in [1.82, 2.24) is 0 Å². The number of carbonyl (C=O) groups is 1. The van der Waals surface area contributed by atoms with E-state index >= 15 is 0 Å². The van der Waals surface area contributed by atoms with Crippen molar-refractivity contribution in [1.29, 1.82) is 0 Å². The SMILES string of the molecule is Cc1ccc(NS(=O)(=O)c2ccc(N3C(=O)C(C)(C)CS3(=O)=O)cc2C)cc1C. The number of nitrogens with zero attached hydrogens (tertiary/aromatic N) is 1. The molecular weight excluding hydrogens is 412 g/mol. The van der Waals surface area contributed by atoms with Crippen molar-refractivity contribution >= 4 is 37.3 Å². The number of carbonyl (C=O) groups excluding carboxylic acids is 1. The van der Waals surface area contributed by atoms with Gasteiger partial charge in [-0.15, -0.1) is 0 Å². The molecule has 2 aromatic carbocycles. The molecular formula is C20H24N2O5S2. The second kappa shape index (κ2) is 6.84. The van der Waals surface area contributed by atoms with Crippen LogP contribution in [0.4, 0.5) is 11.4 Å². The highest BCUT2D eigenvalue weighted by Crippen LogP contribution is 2.36. The molecule has 7 nitrogen and oxygen atoms in total. The lowest BCUT2D eigenvalue weighted by Gasteiger charge is -2.19. The molecule has 0 bridgehead atoms. The van der Waals surface area contributed by atoms with Crippen LogP contribution in [0.15, 0.2) is 41.3 Å². The summed E-state index contributed by atoms with van der Waals surface area (Å²) in [7, 11) is -7.68. The first-order valence-corrected chi connectivity index (χ1v) is 12.1. The largest absolute Gasteiger partial charge is 0.280 e. The Bertz CT molecular complexity index is 1220. The Morgan fingerprint density at radius 1 is 0.966 bits per heavy atom. The molecule has 0 spiro atoms. The Morgan fingerprint density at radius 3 is 2.14 bits per heavy atom. The maximum absolute atomic E-state index is 12.8. The summed E-state index contributed by atoms with van der Waals surface area (Å²) in [6.45, 7) is 8.54. The van der Waals surface area contributed by atoms with Crippen molar-refractivity contribution < 1.29 is 21.6 Å². The number of anilines is 2. The van der Waals surface area contributed by atoms with E-state index in [2.05, 4.69) is 4.72 Å². The fourth-order valence-electron chi connectivity index (χ4n) is 3.34. The van der Waals surface area contributed by atoms with E-state index < -0.39 is 31.4 Å². The molecule has 0 atom stereocenters. The third kappa shape index (κ3) is 3.89. The van der Waals surface area contributed by atoms with Crippen molar-refractivity contribution in [2.24, 2.45) is 5.41 Å². The summed E-state index contributed by atoms with van der Waals surface area (Å²) in [4.78, 5) is 12.6. The van der Waals surface area contributed by atoms with Gasteiger partial charge in [-0.3, -0.25) is 9.52 Å². The van der Waals surface area contributed by atoms with Crippen LogP contribution in [0.5, 0.6) is 0 Å².